The van der Waals surface area contributed by atoms with Gasteiger partial charge in [-0.3, -0.25) is 9.59 Å². The number of likely N-dealkylation sites (tertiary alicyclic amines) is 1. The number of hydrogen-bond acceptors (Lipinski definition) is 3. The summed E-state index contributed by atoms with van der Waals surface area (Å²) in [6, 6.07) is 0.364. The number of nitrogens with zero attached hydrogens (tertiary/aromatic N) is 1. The van der Waals surface area contributed by atoms with Crippen LogP contribution < -0.4 is 0 Å². The van der Waals surface area contributed by atoms with E-state index < -0.39 is 0 Å². The van der Waals surface area contributed by atoms with Crippen LogP contribution in [0.5, 0.6) is 0 Å². The number of amides is 1. The molecule has 1 saturated heterocycles. The SMILES string of the molecule is CC(=O)SCC[C@@H]1CCCCN1C(C)=O. The van der Waals surface area contributed by atoms with E-state index in [1.54, 1.807) is 13.8 Å². The van der Waals surface area contributed by atoms with E-state index in [4.69, 9.17) is 0 Å². The van der Waals surface area contributed by atoms with Crippen LogP contribution in [-0.4, -0.2) is 34.3 Å². The minimum absolute atomic E-state index is 0.167. The predicted octanol–water partition coefficient (Wildman–Crippen LogP) is 2.06. The molecule has 0 aromatic rings. The van der Waals surface area contributed by atoms with Gasteiger partial charge in [-0.05, 0) is 25.7 Å². The van der Waals surface area contributed by atoms with Crippen LogP contribution in [0.15, 0.2) is 0 Å². The molecule has 0 unspecified atom stereocenters. The lowest BCUT2D eigenvalue weighted by Gasteiger charge is -2.35. The van der Waals surface area contributed by atoms with E-state index in [2.05, 4.69) is 0 Å². The average molecular weight is 229 g/mol. The fourth-order valence-corrected chi connectivity index (χ4v) is 2.73. The Labute approximate surface area is 95.6 Å². The summed E-state index contributed by atoms with van der Waals surface area (Å²) in [5, 5.41) is 0.167. The molecule has 0 spiro atoms. The number of carbonyl (C=O) groups excluding carboxylic acids is 2. The molecule has 4 heteroatoms. The maximum Gasteiger partial charge on any atom is 0.219 e. The smallest absolute Gasteiger partial charge is 0.219 e. The third-order valence-electron chi connectivity index (χ3n) is 2.79. The molecule has 86 valence electrons. The van der Waals surface area contributed by atoms with Crippen LogP contribution >= 0.6 is 11.8 Å². The second-order valence-corrected chi connectivity index (χ2v) is 5.26. The van der Waals surface area contributed by atoms with E-state index in [1.807, 2.05) is 4.90 Å². The number of hydrogen-bond donors (Lipinski definition) is 0. The Kier molecular flexibility index (Phi) is 5.15. The van der Waals surface area contributed by atoms with Crippen LogP contribution in [0, 0.1) is 0 Å². The fourth-order valence-electron chi connectivity index (χ4n) is 2.05. The summed E-state index contributed by atoms with van der Waals surface area (Å²) >= 11 is 1.36. The number of rotatable bonds is 3. The fraction of sp³-hybridized carbons (Fsp3) is 0.818. The van der Waals surface area contributed by atoms with E-state index in [1.165, 1.54) is 18.2 Å². The van der Waals surface area contributed by atoms with E-state index >= 15 is 0 Å². The van der Waals surface area contributed by atoms with E-state index in [9.17, 15) is 9.59 Å². The van der Waals surface area contributed by atoms with Crippen molar-refractivity contribution in [2.45, 2.75) is 45.6 Å². The Bertz CT molecular complexity index is 243. The summed E-state index contributed by atoms with van der Waals surface area (Å²) < 4.78 is 0. The van der Waals surface area contributed by atoms with Crippen LogP contribution in [0.2, 0.25) is 0 Å². The molecule has 15 heavy (non-hydrogen) atoms. The van der Waals surface area contributed by atoms with Crippen LogP contribution in [-0.2, 0) is 9.59 Å². The van der Waals surface area contributed by atoms with Crippen LogP contribution in [0.1, 0.15) is 39.5 Å². The summed E-state index contributed by atoms with van der Waals surface area (Å²) in [5.74, 6) is 1.01. The first kappa shape index (κ1) is 12.6. The van der Waals surface area contributed by atoms with Gasteiger partial charge in [0.05, 0.1) is 0 Å². The minimum atomic E-state index is 0.167. The summed E-state index contributed by atoms with van der Waals surface area (Å²) in [6.45, 7) is 4.12. The monoisotopic (exact) mass is 229 g/mol. The zero-order valence-electron chi connectivity index (χ0n) is 9.49. The maximum absolute atomic E-state index is 11.4. The van der Waals surface area contributed by atoms with Crippen molar-refractivity contribution in [3.63, 3.8) is 0 Å². The molecule has 1 amide bonds. The van der Waals surface area contributed by atoms with Gasteiger partial charge >= 0.3 is 0 Å². The molecule has 0 aliphatic carbocycles. The average Bonchev–Trinajstić information content (AvgIpc) is 2.17. The van der Waals surface area contributed by atoms with Crippen molar-refractivity contribution >= 4 is 22.8 Å². The molecule has 0 radical (unpaired) electrons. The molecule has 1 aliphatic rings. The van der Waals surface area contributed by atoms with E-state index in [0.29, 0.717) is 6.04 Å². The molecule has 0 saturated carbocycles. The van der Waals surface area contributed by atoms with Gasteiger partial charge in [-0.2, -0.15) is 0 Å². The van der Waals surface area contributed by atoms with Crippen molar-refractivity contribution in [2.24, 2.45) is 0 Å². The second kappa shape index (κ2) is 6.16. The van der Waals surface area contributed by atoms with Crippen molar-refractivity contribution in [1.29, 1.82) is 0 Å². The zero-order valence-corrected chi connectivity index (χ0v) is 10.3. The van der Waals surface area contributed by atoms with E-state index in [-0.39, 0.29) is 11.0 Å². The third-order valence-corrected chi connectivity index (χ3v) is 3.63. The van der Waals surface area contributed by atoms with Gasteiger partial charge in [0, 0.05) is 32.2 Å². The van der Waals surface area contributed by atoms with Crippen LogP contribution in [0.4, 0.5) is 0 Å². The summed E-state index contributed by atoms with van der Waals surface area (Å²) in [4.78, 5) is 24.1. The van der Waals surface area contributed by atoms with Crippen LogP contribution in [0.25, 0.3) is 0 Å². The highest BCUT2D eigenvalue weighted by Gasteiger charge is 2.23. The maximum atomic E-state index is 11.4. The normalized spacial score (nSPS) is 21.5. The van der Waals surface area contributed by atoms with Gasteiger partial charge in [0.2, 0.25) is 5.91 Å². The first-order valence-corrected chi connectivity index (χ1v) is 6.50. The van der Waals surface area contributed by atoms with Crippen molar-refractivity contribution in [2.75, 3.05) is 12.3 Å². The van der Waals surface area contributed by atoms with Gasteiger partial charge in [0.1, 0.15) is 0 Å². The number of carbonyl (C=O) groups is 2. The second-order valence-electron chi connectivity index (χ2n) is 3.99. The molecule has 1 fully saturated rings. The molecule has 1 heterocycles. The molecule has 0 aromatic carbocycles. The minimum Gasteiger partial charge on any atom is -0.340 e. The zero-order chi connectivity index (χ0) is 11.3. The number of piperidine rings is 1. The van der Waals surface area contributed by atoms with Gasteiger partial charge in [0.25, 0.3) is 0 Å². The standard InChI is InChI=1S/C11H19NO2S/c1-9(13)12-7-4-3-5-11(12)6-8-15-10(2)14/h11H,3-8H2,1-2H3/t11-/m0/s1. The first-order chi connectivity index (χ1) is 7.11. The molecule has 1 rings (SSSR count). The van der Waals surface area contributed by atoms with Crippen molar-refractivity contribution in [3.8, 4) is 0 Å². The topological polar surface area (TPSA) is 37.4 Å². The lowest BCUT2D eigenvalue weighted by molar-refractivity contribution is -0.132. The Morgan fingerprint density at radius 3 is 2.67 bits per heavy atom. The number of thioether (sulfide) groups is 1. The Morgan fingerprint density at radius 2 is 2.07 bits per heavy atom. The van der Waals surface area contributed by atoms with Gasteiger partial charge < -0.3 is 4.90 Å². The molecule has 0 aromatic heterocycles. The lowest BCUT2D eigenvalue weighted by Crippen LogP contribution is -2.42. The highest BCUT2D eigenvalue weighted by atomic mass is 32.2. The van der Waals surface area contributed by atoms with Gasteiger partial charge in [-0.25, -0.2) is 0 Å². The van der Waals surface area contributed by atoms with Crippen molar-refractivity contribution < 1.29 is 9.59 Å². The molecule has 0 bridgehead atoms. The predicted molar refractivity (Wildman–Crippen MR) is 62.8 cm³/mol. The first-order valence-electron chi connectivity index (χ1n) is 5.52. The summed E-state index contributed by atoms with van der Waals surface area (Å²) in [6.07, 6.45) is 4.37. The summed E-state index contributed by atoms with van der Waals surface area (Å²) in [7, 11) is 0. The quantitative estimate of drug-likeness (QED) is 0.743. The molecule has 0 N–H and O–H groups in total. The van der Waals surface area contributed by atoms with Crippen molar-refractivity contribution in [3.05, 3.63) is 0 Å². The molecule has 1 aliphatic heterocycles. The van der Waals surface area contributed by atoms with Crippen molar-refractivity contribution in [1.82, 2.24) is 4.90 Å². The molecular weight excluding hydrogens is 210 g/mol. The highest BCUT2D eigenvalue weighted by molar-refractivity contribution is 8.13. The Morgan fingerprint density at radius 1 is 1.33 bits per heavy atom. The third kappa shape index (κ3) is 4.24. The molecule has 1 atom stereocenters. The summed E-state index contributed by atoms with van der Waals surface area (Å²) in [5.41, 5.74) is 0. The molecular formula is C11H19NO2S. The molecule has 3 nitrogen and oxygen atoms in total. The van der Waals surface area contributed by atoms with Gasteiger partial charge in [-0.1, -0.05) is 11.8 Å². The van der Waals surface area contributed by atoms with Gasteiger partial charge in [0.15, 0.2) is 5.12 Å². The Balaban J connectivity index is 2.36. The van der Waals surface area contributed by atoms with Crippen LogP contribution in [0.3, 0.4) is 0 Å². The van der Waals surface area contributed by atoms with E-state index in [0.717, 1.165) is 31.6 Å². The Hall–Kier alpha value is -0.510. The van der Waals surface area contributed by atoms with Gasteiger partial charge in [-0.15, -0.1) is 0 Å². The highest BCUT2D eigenvalue weighted by Crippen LogP contribution is 2.21. The largest absolute Gasteiger partial charge is 0.340 e. The lowest BCUT2D eigenvalue weighted by atomic mass is 10.00.